The first-order chi connectivity index (χ1) is 14.4. The Hall–Kier alpha value is -3.68. The molecule has 2 N–H and O–H groups in total. The minimum atomic E-state index is -4.37. The Morgan fingerprint density at radius 1 is 0.967 bits per heavy atom. The third-order valence-electron chi connectivity index (χ3n) is 4.74. The van der Waals surface area contributed by atoms with Gasteiger partial charge in [0, 0.05) is 29.8 Å². The fraction of sp³-hybridized carbons (Fsp3) is 0.136. The molecular weight excluding hydrogens is 393 g/mol. The molecule has 0 aliphatic heterocycles. The van der Waals surface area contributed by atoms with Crippen molar-refractivity contribution in [3.63, 3.8) is 0 Å². The van der Waals surface area contributed by atoms with Crippen LogP contribution in [0.15, 0.2) is 67.1 Å². The summed E-state index contributed by atoms with van der Waals surface area (Å²) in [5, 5.41) is 11.3. The molecule has 0 fully saturated rings. The quantitative estimate of drug-likeness (QED) is 0.474. The van der Waals surface area contributed by atoms with Crippen LogP contribution in [0.4, 0.5) is 19.0 Å². The van der Waals surface area contributed by atoms with Crippen LogP contribution in [0.5, 0.6) is 0 Å². The largest absolute Gasteiger partial charge is 0.416 e. The highest BCUT2D eigenvalue weighted by Gasteiger charge is 2.29. The molecule has 0 bridgehead atoms. The van der Waals surface area contributed by atoms with E-state index in [1.54, 1.807) is 24.7 Å². The first kappa shape index (κ1) is 19.6. The summed E-state index contributed by atoms with van der Waals surface area (Å²) in [5.74, 6) is 0.164. The van der Waals surface area contributed by atoms with Gasteiger partial charge in [0.1, 0.15) is 5.82 Å². The Balaban J connectivity index is 1.41. The lowest BCUT2D eigenvalue weighted by molar-refractivity contribution is -0.137. The second-order valence-corrected chi connectivity index (χ2v) is 6.86. The molecule has 2 aromatic heterocycles. The molecule has 4 aromatic rings. The van der Waals surface area contributed by atoms with Crippen LogP contribution in [0.3, 0.4) is 0 Å². The number of fused-ring (bicyclic) bond motifs is 1. The lowest BCUT2D eigenvalue weighted by Crippen LogP contribution is -2.13. The van der Waals surface area contributed by atoms with Crippen LogP contribution in [0.1, 0.15) is 17.5 Å². The Bertz CT molecular complexity index is 1170. The number of amides is 1. The van der Waals surface area contributed by atoms with Crippen LogP contribution < -0.4 is 5.32 Å². The van der Waals surface area contributed by atoms with Gasteiger partial charge in [-0.15, -0.1) is 0 Å². The van der Waals surface area contributed by atoms with Crippen molar-refractivity contribution in [3.05, 3.63) is 78.2 Å². The minimum absolute atomic E-state index is 0.139. The van der Waals surface area contributed by atoms with Crippen LogP contribution in [0, 0.1) is 0 Å². The molecule has 0 aliphatic rings. The Labute approximate surface area is 170 Å². The predicted octanol–water partition coefficient (Wildman–Crippen LogP) is 5.22. The number of benzene rings is 2. The summed E-state index contributed by atoms with van der Waals surface area (Å²) in [6.07, 6.45) is 1.32. The second kappa shape index (κ2) is 7.98. The number of alkyl halides is 3. The van der Waals surface area contributed by atoms with E-state index in [4.69, 9.17) is 0 Å². The van der Waals surface area contributed by atoms with E-state index in [9.17, 15) is 18.0 Å². The van der Waals surface area contributed by atoms with Crippen molar-refractivity contribution in [2.75, 3.05) is 5.32 Å². The van der Waals surface area contributed by atoms with Gasteiger partial charge in [0.05, 0.1) is 11.8 Å². The van der Waals surface area contributed by atoms with Crippen molar-refractivity contribution in [2.24, 2.45) is 0 Å². The molecule has 0 radical (unpaired) electrons. The summed E-state index contributed by atoms with van der Waals surface area (Å²) in [7, 11) is 0. The van der Waals surface area contributed by atoms with Gasteiger partial charge >= 0.3 is 6.18 Å². The van der Waals surface area contributed by atoms with Crippen LogP contribution in [-0.4, -0.2) is 21.1 Å². The van der Waals surface area contributed by atoms with E-state index in [1.165, 1.54) is 12.1 Å². The lowest BCUT2D eigenvalue weighted by Gasteiger charge is -2.08. The molecule has 0 unspecified atom stereocenters. The Kier molecular flexibility index (Phi) is 5.22. The molecule has 0 saturated heterocycles. The van der Waals surface area contributed by atoms with Crippen LogP contribution in [-0.2, 0) is 17.4 Å². The van der Waals surface area contributed by atoms with Gasteiger partial charge in [0.2, 0.25) is 5.91 Å². The molecule has 0 saturated carbocycles. The number of pyridine rings is 1. The topological polar surface area (TPSA) is 70.7 Å². The van der Waals surface area contributed by atoms with Gasteiger partial charge in [-0.1, -0.05) is 24.3 Å². The Morgan fingerprint density at radius 3 is 2.47 bits per heavy atom. The van der Waals surface area contributed by atoms with Gasteiger partial charge < -0.3 is 5.32 Å². The number of halogens is 3. The molecule has 4 rings (SSSR count). The third-order valence-corrected chi connectivity index (χ3v) is 4.74. The number of nitrogens with zero attached hydrogens (tertiary/aromatic N) is 2. The lowest BCUT2D eigenvalue weighted by atomic mass is 10.0. The number of carbonyl (C=O) groups is 1. The monoisotopic (exact) mass is 410 g/mol. The normalized spacial score (nSPS) is 11.6. The van der Waals surface area contributed by atoms with Crippen LogP contribution in [0.2, 0.25) is 0 Å². The SMILES string of the molecule is O=C(CCc1ccc(C(F)(F)F)cc1)Nc1cc2cc(-c3cn[nH]c3)ccc2cn1. The van der Waals surface area contributed by atoms with Gasteiger partial charge in [-0.3, -0.25) is 9.89 Å². The Morgan fingerprint density at radius 2 is 1.77 bits per heavy atom. The van der Waals surface area contributed by atoms with Crippen molar-refractivity contribution < 1.29 is 18.0 Å². The fourth-order valence-corrected chi connectivity index (χ4v) is 3.12. The number of aromatic nitrogens is 3. The van der Waals surface area contributed by atoms with Gasteiger partial charge in [-0.2, -0.15) is 18.3 Å². The first-order valence-electron chi connectivity index (χ1n) is 9.23. The molecule has 0 aliphatic carbocycles. The number of hydrogen-bond acceptors (Lipinski definition) is 3. The van der Waals surface area contributed by atoms with E-state index >= 15 is 0 Å². The van der Waals surface area contributed by atoms with Gasteiger partial charge in [-0.05, 0) is 47.2 Å². The maximum atomic E-state index is 12.6. The van der Waals surface area contributed by atoms with Crippen molar-refractivity contribution in [2.45, 2.75) is 19.0 Å². The number of anilines is 1. The number of H-pyrrole nitrogens is 1. The van der Waals surface area contributed by atoms with E-state index in [0.29, 0.717) is 17.8 Å². The number of rotatable bonds is 5. The average molecular weight is 410 g/mol. The van der Waals surface area contributed by atoms with E-state index in [-0.39, 0.29) is 12.3 Å². The van der Waals surface area contributed by atoms with E-state index in [0.717, 1.165) is 34.0 Å². The van der Waals surface area contributed by atoms with E-state index < -0.39 is 11.7 Å². The van der Waals surface area contributed by atoms with Crippen molar-refractivity contribution in [3.8, 4) is 11.1 Å². The first-order valence-corrected chi connectivity index (χ1v) is 9.23. The number of hydrogen-bond donors (Lipinski definition) is 2. The summed E-state index contributed by atoms with van der Waals surface area (Å²) >= 11 is 0. The standard InChI is InChI=1S/C22H17F3N4O/c23-22(24,25)19-6-1-14(2-7-19)3-8-21(30)29-20-10-17-9-15(18-12-27-28-13-18)4-5-16(17)11-26-20/h1-2,4-7,9-13H,3,8H2,(H,27,28)(H,26,29,30). The smallest absolute Gasteiger partial charge is 0.311 e. The molecule has 1 amide bonds. The predicted molar refractivity (Wildman–Crippen MR) is 108 cm³/mol. The van der Waals surface area contributed by atoms with Gasteiger partial charge in [0.15, 0.2) is 0 Å². The molecule has 0 spiro atoms. The fourth-order valence-electron chi connectivity index (χ4n) is 3.12. The molecule has 8 heteroatoms. The molecule has 0 atom stereocenters. The summed E-state index contributed by atoms with van der Waals surface area (Å²) < 4.78 is 37.8. The third kappa shape index (κ3) is 4.48. The molecule has 2 aromatic carbocycles. The molecular formula is C22H17F3N4O. The molecule has 2 heterocycles. The molecule has 152 valence electrons. The highest BCUT2D eigenvalue weighted by molar-refractivity contribution is 5.94. The van der Waals surface area contributed by atoms with Crippen LogP contribution >= 0.6 is 0 Å². The maximum Gasteiger partial charge on any atom is 0.416 e. The summed E-state index contributed by atoms with van der Waals surface area (Å²) in [6.45, 7) is 0. The van der Waals surface area contributed by atoms with Crippen LogP contribution in [0.25, 0.3) is 21.9 Å². The minimum Gasteiger partial charge on any atom is -0.311 e. The summed E-state index contributed by atoms with van der Waals surface area (Å²) in [4.78, 5) is 16.5. The van der Waals surface area contributed by atoms with Crippen molar-refractivity contribution in [1.29, 1.82) is 0 Å². The van der Waals surface area contributed by atoms with E-state index in [1.807, 2.05) is 18.2 Å². The number of nitrogens with one attached hydrogen (secondary N) is 2. The average Bonchev–Trinajstić information content (AvgIpc) is 3.26. The zero-order valence-corrected chi connectivity index (χ0v) is 15.7. The number of aromatic amines is 1. The number of carbonyl (C=O) groups excluding carboxylic acids is 1. The van der Waals surface area contributed by atoms with Crippen molar-refractivity contribution in [1.82, 2.24) is 15.2 Å². The maximum absolute atomic E-state index is 12.6. The van der Waals surface area contributed by atoms with E-state index in [2.05, 4.69) is 20.5 Å². The van der Waals surface area contributed by atoms with Crippen molar-refractivity contribution >= 4 is 22.5 Å². The zero-order valence-electron chi connectivity index (χ0n) is 15.7. The second-order valence-electron chi connectivity index (χ2n) is 6.86. The highest BCUT2D eigenvalue weighted by atomic mass is 19.4. The van der Waals surface area contributed by atoms with Gasteiger partial charge in [0.25, 0.3) is 0 Å². The molecule has 30 heavy (non-hydrogen) atoms. The molecule has 5 nitrogen and oxygen atoms in total. The highest BCUT2D eigenvalue weighted by Crippen LogP contribution is 2.29. The summed E-state index contributed by atoms with van der Waals surface area (Å²) in [6, 6.07) is 12.5. The number of aryl methyl sites for hydroxylation is 1. The zero-order chi connectivity index (χ0) is 21.1. The van der Waals surface area contributed by atoms with Gasteiger partial charge in [-0.25, -0.2) is 4.98 Å². The summed E-state index contributed by atoms with van der Waals surface area (Å²) in [5.41, 5.74) is 1.90.